The molecule has 0 atom stereocenters. The lowest BCUT2D eigenvalue weighted by atomic mass is 9.80. The summed E-state index contributed by atoms with van der Waals surface area (Å²) in [6, 6.07) is 6.52. The Hall–Kier alpha value is -1.55. The SMILES string of the molecule is CN(CCc1csc2ccc(C3CCC3)cc12)C(N)=O. The lowest BCUT2D eigenvalue weighted by Crippen LogP contribution is -2.33. The average Bonchev–Trinajstić information content (AvgIpc) is 2.76. The summed E-state index contributed by atoms with van der Waals surface area (Å²) in [5, 5.41) is 3.57. The number of carbonyl (C=O) groups excluding carboxylic acids is 1. The number of nitrogens with zero attached hydrogens (tertiary/aromatic N) is 1. The summed E-state index contributed by atoms with van der Waals surface area (Å²) in [7, 11) is 1.75. The first-order valence-corrected chi connectivity index (χ1v) is 8.03. The molecule has 2 amide bonds. The fraction of sp³-hybridized carbons (Fsp3) is 0.438. The van der Waals surface area contributed by atoms with Crippen molar-refractivity contribution in [2.24, 2.45) is 5.73 Å². The van der Waals surface area contributed by atoms with E-state index in [2.05, 4.69) is 23.6 Å². The number of hydrogen-bond acceptors (Lipinski definition) is 2. The van der Waals surface area contributed by atoms with Crippen LogP contribution in [-0.4, -0.2) is 24.5 Å². The van der Waals surface area contributed by atoms with Gasteiger partial charge in [0.15, 0.2) is 0 Å². The summed E-state index contributed by atoms with van der Waals surface area (Å²) in [5.74, 6) is 0.764. The second-order valence-corrected chi connectivity index (χ2v) is 6.57. The van der Waals surface area contributed by atoms with E-state index >= 15 is 0 Å². The van der Waals surface area contributed by atoms with Crippen molar-refractivity contribution >= 4 is 27.5 Å². The smallest absolute Gasteiger partial charge is 0.314 e. The molecule has 0 spiro atoms. The number of primary amides is 1. The molecule has 1 aromatic heterocycles. The van der Waals surface area contributed by atoms with Crippen molar-refractivity contribution < 1.29 is 4.79 Å². The van der Waals surface area contributed by atoms with Gasteiger partial charge in [-0.1, -0.05) is 12.5 Å². The lowest BCUT2D eigenvalue weighted by Gasteiger charge is -2.25. The van der Waals surface area contributed by atoms with Crippen molar-refractivity contribution in [2.45, 2.75) is 31.6 Å². The Kier molecular flexibility index (Phi) is 3.66. The number of thiophene rings is 1. The monoisotopic (exact) mass is 288 g/mol. The molecule has 1 aliphatic carbocycles. The van der Waals surface area contributed by atoms with Crippen LogP contribution in [0.15, 0.2) is 23.6 Å². The number of likely N-dealkylation sites (N-methyl/N-ethyl adjacent to an activating group) is 1. The molecule has 2 N–H and O–H groups in total. The highest BCUT2D eigenvalue weighted by atomic mass is 32.1. The minimum atomic E-state index is -0.361. The molecule has 0 saturated heterocycles. The second kappa shape index (κ2) is 5.44. The van der Waals surface area contributed by atoms with Crippen LogP contribution in [0.5, 0.6) is 0 Å². The summed E-state index contributed by atoms with van der Waals surface area (Å²) in [5.41, 5.74) is 8.08. The Bertz CT molecular complexity index is 630. The van der Waals surface area contributed by atoms with Crippen LogP contribution in [0.3, 0.4) is 0 Å². The summed E-state index contributed by atoms with van der Waals surface area (Å²) in [6.07, 6.45) is 4.89. The van der Waals surface area contributed by atoms with Gasteiger partial charge in [0.1, 0.15) is 0 Å². The molecule has 1 saturated carbocycles. The molecule has 20 heavy (non-hydrogen) atoms. The van der Waals surface area contributed by atoms with Gasteiger partial charge in [0.2, 0.25) is 0 Å². The molecular formula is C16H20N2OS. The summed E-state index contributed by atoms with van der Waals surface area (Å²) in [6.45, 7) is 0.675. The van der Waals surface area contributed by atoms with Crippen LogP contribution in [0, 0.1) is 0 Å². The first-order valence-electron chi connectivity index (χ1n) is 7.16. The normalized spacial score (nSPS) is 15.2. The maximum Gasteiger partial charge on any atom is 0.314 e. The Morgan fingerprint density at radius 2 is 2.25 bits per heavy atom. The Morgan fingerprint density at radius 1 is 1.45 bits per heavy atom. The molecule has 0 unspecified atom stereocenters. The molecule has 2 aromatic rings. The standard InChI is InChI=1S/C16H20N2OS/c1-18(16(17)19)8-7-13-10-20-15-6-5-12(9-14(13)15)11-3-2-4-11/h5-6,9-11H,2-4,7-8H2,1H3,(H2,17,19). The molecule has 1 aromatic carbocycles. The lowest BCUT2D eigenvalue weighted by molar-refractivity contribution is 0.219. The van der Waals surface area contributed by atoms with Gasteiger partial charge in [0, 0.05) is 18.3 Å². The Morgan fingerprint density at radius 3 is 2.90 bits per heavy atom. The quantitative estimate of drug-likeness (QED) is 0.915. The number of benzene rings is 1. The average molecular weight is 288 g/mol. The summed E-state index contributed by atoms with van der Waals surface area (Å²) in [4.78, 5) is 12.6. The highest BCUT2D eigenvalue weighted by molar-refractivity contribution is 7.17. The van der Waals surface area contributed by atoms with E-state index < -0.39 is 0 Å². The molecule has 4 heteroatoms. The Labute approximate surface area is 123 Å². The number of carbonyl (C=O) groups is 1. The van der Waals surface area contributed by atoms with E-state index in [1.165, 1.54) is 40.5 Å². The summed E-state index contributed by atoms with van der Waals surface area (Å²) >= 11 is 1.79. The molecule has 0 aliphatic heterocycles. The van der Waals surface area contributed by atoms with E-state index in [4.69, 9.17) is 5.73 Å². The van der Waals surface area contributed by atoms with E-state index in [-0.39, 0.29) is 6.03 Å². The van der Waals surface area contributed by atoms with Crippen molar-refractivity contribution in [2.75, 3.05) is 13.6 Å². The number of nitrogens with two attached hydrogens (primary N) is 1. The van der Waals surface area contributed by atoms with Crippen LogP contribution in [0.1, 0.15) is 36.3 Å². The molecular weight excluding hydrogens is 268 g/mol. The third-order valence-electron chi connectivity index (χ3n) is 4.35. The highest BCUT2D eigenvalue weighted by Gasteiger charge is 2.20. The van der Waals surface area contributed by atoms with E-state index in [1.807, 2.05) is 0 Å². The number of fused-ring (bicyclic) bond motifs is 1. The van der Waals surface area contributed by atoms with Crippen LogP contribution in [0.2, 0.25) is 0 Å². The van der Waals surface area contributed by atoms with Crippen LogP contribution in [-0.2, 0) is 6.42 Å². The molecule has 3 rings (SSSR count). The van der Waals surface area contributed by atoms with Gasteiger partial charge in [-0.15, -0.1) is 11.3 Å². The zero-order chi connectivity index (χ0) is 14.1. The topological polar surface area (TPSA) is 46.3 Å². The first kappa shape index (κ1) is 13.4. The van der Waals surface area contributed by atoms with Gasteiger partial charge in [-0.25, -0.2) is 4.79 Å². The van der Waals surface area contributed by atoms with Crippen LogP contribution >= 0.6 is 11.3 Å². The third-order valence-corrected chi connectivity index (χ3v) is 5.36. The predicted octanol–water partition coefficient (Wildman–Crippen LogP) is 3.72. The molecule has 0 bridgehead atoms. The van der Waals surface area contributed by atoms with Gasteiger partial charge in [0.25, 0.3) is 0 Å². The number of rotatable bonds is 4. The van der Waals surface area contributed by atoms with E-state index in [0.717, 1.165) is 12.3 Å². The Balaban J connectivity index is 1.81. The molecule has 106 valence electrons. The van der Waals surface area contributed by atoms with Crippen LogP contribution in [0.25, 0.3) is 10.1 Å². The first-order chi connectivity index (χ1) is 9.65. The fourth-order valence-electron chi connectivity index (χ4n) is 2.69. The van der Waals surface area contributed by atoms with Crippen LogP contribution < -0.4 is 5.73 Å². The zero-order valence-electron chi connectivity index (χ0n) is 11.8. The van der Waals surface area contributed by atoms with Crippen molar-refractivity contribution in [3.63, 3.8) is 0 Å². The number of urea groups is 1. The highest BCUT2D eigenvalue weighted by Crippen LogP contribution is 2.38. The minimum absolute atomic E-state index is 0.361. The third kappa shape index (κ3) is 2.52. The van der Waals surface area contributed by atoms with Gasteiger partial charge in [-0.2, -0.15) is 0 Å². The molecule has 1 heterocycles. The summed E-state index contributed by atoms with van der Waals surface area (Å²) < 4.78 is 1.34. The van der Waals surface area contributed by atoms with Gasteiger partial charge >= 0.3 is 6.03 Å². The predicted molar refractivity (Wildman–Crippen MR) is 84.3 cm³/mol. The molecule has 3 nitrogen and oxygen atoms in total. The van der Waals surface area contributed by atoms with E-state index in [1.54, 1.807) is 23.3 Å². The zero-order valence-corrected chi connectivity index (χ0v) is 12.6. The molecule has 0 radical (unpaired) electrons. The van der Waals surface area contributed by atoms with Gasteiger partial charge < -0.3 is 10.6 Å². The van der Waals surface area contributed by atoms with Crippen molar-refractivity contribution in [1.82, 2.24) is 4.90 Å². The number of amides is 2. The van der Waals surface area contributed by atoms with Crippen molar-refractivity contribution in [3.8, 4) is 0 Å². The van der Waals surface area contributed by atoms with E-state index in [9.17, 15) is 4.79 Å². The largest absolute Gasteiger partial charge is 0.351 e. The van der Waals surface area contributed by atoms with Crippen LogP contribution in [0.4, 0.5) is 4.79 Å². The maximum absolute atomic E-state index is 11.1. The maximum atomic E-state index is 11.1. The number of hydrogen-bond donors (Lipinski definition) is 1. The molecule has 1 fully saturated rings. The van der Waals surface area contributed by atoms with Crippen molar-refractivity contribution in [3.05, 3.63) is 34.7 Å². The van der Waals surface area contributed by atoms with Gasteiger partial charge in [-0.3, -0.25) is 0 Å². The minimum Gasteiger partial charge on any atom is -0.351 e. The van der Waals surface area contributed by atoms with E-state index in [0.29, 0.717) is 6.54 Å². The second-order valence-electron chi connectivity index (χ2n) is 5.65. The fourth-order valence-corrected chi connectivity index (χ4v) is 3.66. The van der Waals surface area contributed by atoms with Crippen molar-refractivity contribution in [1.29, 1.82) is 0 Å². The van der Waals surface area contributed by atoms with Gasteiger partial charge in [0.05, 0.1) is 0 Å². The molecule has 1 aliphatic rings. The van der Waals surface area contributed by atoms with Gasteiger partial charge in [-0.05, 0) is 59.2 Å².